The molecule has 2 aliphatic rings. The van der Waals surface area contributed by atoms with E-state index in [9.17, 15) is 9.59 Å². The topological polar surface area (TPSA) is 168 Å². The van der Waals surface area contributed by atoms with Gasteiger partial charge in [-0.15, -0.1) is 0 Å². The van der Waals surface area contributed by atoms with Crippen LogP contribution in [-0.4, -0.2) is 72.4 Å². The van der Waals surface area contributed by atoms with Crippen molar-refractivity contribution in [2.24, 2.45) is 0 Å². The second-order valence-electron chi connectivity index (χ2n) is 9.90. The molecular weight excluding hydrogens is 500 g/mol. The van der Waals surface area contributed by atoms with Crippen LogP contribution in [0.2, 0.25) is 0 Å². The van der Waals surface area contributed by atoms with Crippen molar-refractivity contribution in [1.29, 1.82) is 0 Å². The second-order valence-corrected chi connectivity index (χ2v) is 9.90. The van der Waals surface area contributed by atoms with E-state index in [-0.39, 0.29) is 35.8 Å². The van der Waals surface area contributed by atoms with Crippen LogP contribution in [0, 0.1) is 0 Å². The van der Waals surface area contributed by atoms with Gasteiger partial charge in [-0.25, -0.2) is 14.8 Å². The molecule has 0 aliphatic carbocycles. The number of piperidine rings is 1. The number of carbonyl (C=O) groups is 2. The molecule has 3 atom stereocenters. The Morgan fingerprint density at radius 3 is 2.69 bits per heavy atom. The molecule has 5 heterocycles. The number of ether oxygens (including phenoxy) is 1. The molecule has 0 radical (unpaired) electrons. The Morgan fingerprint density at radius 2 is 2.00 bits per heavy atom. The van der Waals surface area contributed by atoms with E-state index in [0.29, 0.717) is 29.4 Å². The summed E-state index contributed by atoms with van der Waals surface area (Å²) in [7, 11) is 1.56. The molecule has 6 rings (SSSR count). The highest BCUT2D eigenvalue weighted by Crippen LogP contribution is 2.44. The average molecular weight is 531 g/mol. The molecule has 2 aliphatic heterocycles. The molecule has 3 aromatic heterocycles. The maximum atomic E-state index is 13.0. The molecule has 13 nitrogen and oxygen atoms in total. The van der Waals surface area contributed by atoms with Crippen LogP contribution in [-0.2, 0) is 0 Å². The number of aromatic amines is 1. The zero-order valence-corrected chi connectivity index (χ0v) is 21.7. The number of carbonyl (C=O) groups excluding carboxylic acids is 2. The van der Waals surface area contributed by atoms with Gasteiger partial charge in [-0.1, -0.05) is 6.07 Å². The van der Waals surface area contributed by atoms with E-state index in [1.54, 1.807) is 23.9 Å². The minimum Gasteiger partial charge on any atom is -0.495 e. The first kappa shape index (κ1) is 24.6. The van der Waals surface area contributed by atoms with Crippen molar-refractivity contribution < 1.29 is 14.3 Å². The van der Waals surface area contributed by atoms with Crippen LogP contribution in [0.4, 0.5) is 16.3 Å². The third-order valence-electron chi connectivity index (χ3n) is 7.62. The third kappa shape index (κ3) is 4.39. The van der Waals surface area contributed by atoms with Gasteiger partial charge in [0.2, 0.25) is 5.82 Å². The molecule has 2 fully saturated rings. The van der Waals surface area contributed by atoms with Crippen LogP contribution in [0.15, 0.2) is 36.8 Å². The molecule has 5 N–H and O–H groups in total. The third-order valence-corrected chi connectivity index (χ3v) is 7.62. The Labute approximate surface area is 224 Å². The SMILES string of the molecule is CCNC(=O)Nc1ccc(-c2cnn3c(N)cc(C4CC5CC[C@@H](C4)N5C(=O)c4ncn[nH]4)nc23)cc1OC. The first-order valence-corrected chi connectivity index (χ1v) is 13.0. The summed E-state index contributed by atoms with van der Waals surface area (Å²) in [4.78, 5) is 36.1. The van der Waals surface area contributed by atoms with Gasteiger partial charge in [-0.3, -0.25) is 9.89 Å². The summed E-state index contributed by atoms with van der Waals surface area (Å²) < 4.78 is 7.18. The number of urea groups is 1. The molecule has 2 unspecified atom stereocenters. The maximum Gasteiger partial charge on any atom is 0.319 e. The number of fused-ring (bicyclic) bond motifs is 3. The molecule has 0 saturated carbocycles. The van der Waals surface area contributed by atoms with Crippen molar-refractivity contribution in [3.05, 3.63) is 48.3 Å². The molecular formula is C26H30N10O3. The van der Waals surface area contributed by atoms with Crippen molar-refractivity contribution in [3.63, 3.8) is 0 Å². The number of anilines is 2. The molecule has 2 bridgehead atoms. The van der Waals surface area contributed by atoms with Crippen LogP contribution >= 0.6 is 0 Å². The first-order chi connectivity index (χ1) is 19.0. The number of nitrogens with one attached hydrogen (secondary N) is 3. The predicted octanol–water partition coefficient (Wildman–Crippen LogP) is 2.80. The van der Waals surface area contributed by atoms with Gasteiger partial charge in [0.25, 0.3) is 5.91 Å². The lowest BCUT2D eigenvalue weighted by Crippen LogP contribution is -2.46. The molecule has 39 heavy (non-hydrogen) atoms. The molecule has 0 spiro atoms. The van der Waals surface area contributed by atoms with Crippen molar-refractivity contribution in [2.75, 3.05) is 24.7 Å². The fourth-order valence-electron chi connectivity index (χ4n) is 5.89. The van der Waals surface area contributed by atoms with Gasteiger partial charge in [0.15, 0.2) is 5.65 Å². The summed E-state index contributed by atoms with van der Waals surface area (Å²) >= 11 is 0. The number of nitrogens with two attached hydrogens (primary N) is 1. The quantitative estimate of drug-likeness (QED) is 0.295. The highest BCUT2D eigenvalue weighted by atomic mass is 16.5. The monoisotopic (exact) mass is 530 g/mol. The normalized spacial score (nSPS) is 20.3. The lowest BCUT2D eigenvalue weighted by Gasteiger charge is -2.38. The van der Waals surface area contributed by atoms with Crippen LogP contribution in [0.1, 0.15) is 54.8 Å². The van der Waals surface area contributed by atoms with Gasteiger partial charge in [0.1, 0.15) is 17.9 Å². The number of hydrogen-bond donors (Lipinski definition) is 4. The van der Waals surface area contributed by atoms with Crippen molar-refractivity contribution in [3.8, 4) is 16.9 Å². The summed E-state index contributed by atoms with van der Waals surface area (Å²) in [6.07, 6.45) is 6.60. The van der Waals surface area contributed by atoms with E-state index >= 15 is 0 Å². The van der Waals surface area contributed by atoms with Crippen molar-refractivity contribution in [1.82, 2.24) is 40.0 Å². The molecule has 1 aromatic carbocycles. The molecule has 13 heteroatoms. The average Bonchev–Trinajstić information content (AvgIpc) is 3.67. The van der Waals surface area contributed by atoms with Gasteiger partial charge >= 0.3 is 6.03 Å². The summed E-state index contributed by atoms with van der Waals surface area (Å²) in [5.41, 5.74) is 10.2. The zero-order valence-electron chi connectivity index (χ0n) is 21.7. The highest BCUT2D eigenvalue weighted by molar-refractivity contribution is 5.92. The Balaban J connectivity index is 1.29. The number of benzene rings is 1. The summed E-state index contributed by atoms with van der Waals surface area (Å²) in [5.74, 6) is 1.35. The largest absolute Gasteiger partial charge is 0.495 e. The van der Waals surface area contributed by atoms with Gasteiger partial charge in [0.05, 0.1) is 19.0 Å². The summed E-state index contributed by atoms with van der Waals surface area (Å²) in [6.45, 7) is 2.37. The number of H-pyrrole nitrogens is 1. The minimum absolute atomic E-state index is 0.0986. The Hall–Kier alpha value is -4.68. The van der Waals surface area contributed by atoms with Crippen LogP contribution in [0.5, 0.6) is 5.75 Å². The Kier molecular flexibility index (Phi) is 6.25. The summed E-state index contributed by atoms with van der Waals surface area (Å²) in [6, 6.07) is 7.34. The van der Waals surface area contributed by atoms with Gasteiger partial charge in [-0.05, 0) is 50.3 Å². The number of amides is 3. The van der Waals surface area contributed by atoms with Gasteiger partial charge in [-0.2, -0.15) is 14.7 Å². The Morgan fingerprint density at radius 1 is 1.21 bits per heavy atom. The molecule has 3 amide bonds. The lowest BCUT2D eigenvalue weighted by molar-refractivity contribution is 0.0557. The van der Waals surface area contributed by atoms with Crippen LogP contribution in [0.25, 0.3) is 16.8 Å². The predicted molar refractivity (Wildman–Crippen MR) is 143 cm³/mol. The van der Waals surface area contributed by atoms with E-state index < -0.39 is 0 Å². The fraction of sp³-hybridized carbons (Fsp3) is 0.385. The first-order valence-electron chi connectivity index (χ1n) is 13.0. The maximum absolute atomic E-state index is 13.0. The van der Waals surface area contributed by atoms with Crippen LogP contribution < -0.4 is 21.1 Å². The van der Waals surface area contributed by atoms with E-state index in [1.807, 2.05) is 30.0 Å². The number of hydrogen-bond acceptors (Lipinski definition) is 8. The summed E-state index contributed by atoms with van der Waals surface area (Å²) in [5, 5.41) is 16.5. The number of rotatable bonds is 6. The highest BCUT2D eigenvalue weighted by Gasteiger charge is 2.45. The van der Waals surface area contributed by atoms with E-state index in [1.165, 1.54) is 6.33 Å². The second kappa shape index (κ2) is 9.89. The van der Waals surface area contributed by atoms with Gasteiger partial charge < -0.3 is 26.0 Å². The minimum atomic E-state index is -0.304. The molecule has 2 saturated heterocycles. The van der Waals surface area contributed by atoms with Crippen molar-refractivity contribution in [2.45, 2.75) is 50.6 Å². The number of aromatic nitrogens is 6. The van der Waals surface area contributed by atoms with E-state index in [2.05, 4.69) is 30.9 Å². The van der Waals surface area contributed by atoms with E-state index in [0.717, 1.165) is 42.5 Å². The standard InChI is InChI=1S/C26H30N10O3/c1-3-28-26(38)33-19-7-4-14(10-21(19)39-2)18-12-31-36-22(27)11-20(32-24(18)36)15-8-16-5-6-17(9-15)35(16)25(37)23-29-13-30-34-23/h4,7,10-13,15-17H,3,5-6,8-9,27H2,1-2H3,(H2,28,33,38)(H,29,30,34)/t15?,16-,17?/m0/s1. The number of nitrogen functional groups attached to an aromatic ring is 1. The molecule has 202 valence electrons. The number of nitrogens with zero attached hydrogens (tertiary/aromatic N) is 6. The zero-order chi connectivity index (χ0) is 27.1. The van der Waals surface area contributed by atoms with Gasteiger partial charge in [0, 0.05) is 41.9 Å². The lowest BCUT2D eigenvalue weighted by atomic mass is 9.87. The smallest absolute Gasteiger partial charge is 0.319 e. The van der Waals surface area contributed by atoms with Crippen LogP contribution in [0.3, 0.4) is 0 Å². The fourth-order valence-corrected chi connectivity index (χ4v) is 5.89. The molecule has 4 aromatic rings. The number of methoxy groups -OCH3 is 1. The Bertz CT molecular complexity index is 1520. The van der Waals surface area contributed by atoms with Crippen molar-refractivity contribution >= 4 is 29.1 Å². The van der Waals surface area contributed by atoms with E-state index in [4.69, 9.17) is 15.5 Å².